The van der Waals surface area contributed by atoms with E-state index in [-0.39, 0.29) is 27.5 Å². The first-order valence-electron chi connectivity index (χ1n) is 5.89. The monoisotopic (exact) mass is 320 g/mol. The molecule has 0 unspecified atom stereocenters. The summed E-state index contributed by atoms with van der Waals surface area (Å²) in [6.07, 6.45) is 0. The largest absolute Gasteiger partial charge is 0.456 e. The van der Waals surface area contributed by atoms with Gasteiger partial charge in [0.05, 0.1) is 17.2 Å². The van der Waals surface area contributed by atoms with E-state index >= 15 is 0 Å². The lowest BCUT2D eigenvalue weighted by Crippen LogP contribution is -1.91. The Kier molecular flexibility index (Phi) is 4.92. The van der Waals surface area contributed by atoms with E-state index in [2.05, 4.69) is 0 Å². The second kappa shape index (κ2) is 6.88. The molecule has 0 aliphatic heterocycles. The Morgan fingerprint density at radius 1 is 1.05 bits per heavy atom. The summed E-state index contributed by atoms with van der Waals surface area (Å²) in [5.74, 6) is -3.12. The molecule has 0 spiro atoms. The average molecular weight is 320 g/mol. The Morgan fingerprint density at radius 2 is 1.82 bits per heavy atom. The molecule has 110 valence electrons. The summed E-state index contributed by atoms with van der Waals surface area (Å²) in [6.45, 7) is 0. The number of benzene rings is 2. The molecule has 2 rings (SSSR count). The molecule has 0 bridgehead atoms. The third-order valence-electron chi connectivity index (χ3n) is 2.52. The fourth-order valence-electron chi connectivity index (χ4n) is 1.67. The lowest BCUT2D eigenvalue weighted by Gasteiger charge is -2.09. The van der Waals surface area contributed by atoms with Gasteiger partial charge in [0.15, 0.2) is 0 Å². The van der Waals surface area contributed by atoms with Crippen molar-refractivity contribution >= 4 is 11.8 Å². The highest BCUT2D eigenvalue weighted by molar-refractivity contribution is 7.99. The summed E-state index contributed by atoms with van der Waals surface area (Å²) < 4.78 is 43.3. The van der Waals surface area contributed by atoms with E-state index in [9.17, 15) is 13.2 Å². The molecule has 0 aromatic heterocycles. The topological polar surface area (TPSA) is 56.8 Å². The van der Waals surface area contributed by atoms with E-state index in [4.69, 9.17) is 15.3 Å². The zero-order valence-corrected chi connectivity index (χ0v) is 11.7. The average Bonchev–Trinajstić information content (AvgIpc) is 2.47. The quantitative estimate of drug-likeness (QED) is 0.768. The lowest BCUT2D eigenvalue weighted by atomic mass is 10.2. The van der Waals surface area contributed by atoms with Crippen LogP contribution in [0.1, 0.15) is 11.1 Å². The SMILES string of the molecule is N#Cc1cc(F)cc(Oc2ccc(SC(F)F)cc2C#N)c1. The molecule has 2 aromatic carbocycles. The molecular formula is C15H7F3N2OS. The van der Waals surface area contributed by atoms with Crippen LogP contribution in [0.25, 0.3) is 0 Å². The molecule has 0 saturated carbocycles. The normalized spacial score (nSPS) is 10.1. The summed E-state index contributed by atoms with van der Waals surface area (Å²) in [7, 11) is 0. The van der Waals surface area contributed by atoms with Gasteiger partial charge < -0.3 is 4.74 Å². The highest BCUT2D eigenvalue weighted by atomic mass is 32.2. The third kappa shape index (κ3) is 3.94. The first-order chi connectivity index (χ1) is 10.5. The molecule has 22 heavy (non-hydrogen) atoms. The van der Waals surface area contributed by atoms with Crippen LogP contribution < -0.4 is 4.74 Å². The number of ether oxygens (including phenoxy) is 1. The van der Waals surface area contributed by atoms with Gasteiger partial charge in [-0.05, 0) is 30.3 Å². The summed E-state index contributed by atoms with van der Waals surface area (Å²) in [6, 6.07) is 11.0. The highest BCUT2D eigenvalue weighted by Crippen LogP contribution is 2.32. The molecule has 0 saturated heterocycles. The van der Waals surface area contributed by atoms with Crippen molar-refractivity contribution in [1.82, 2.24) is 0 Å². The van der Waals surface area contributed by atoms with Crippen LogP contribution in [-0.2, 0) is 0 Å². The summed E-state index contributed by atoms with van der Waals surface area (Å²) in [5, 5.41) is 17.8. The van der Waals surface area contributed by atoms with Gasteiger partial charge in [-0.1, -0.05) is 11.8 Å². The molecule has 0 N–H and O–H groups in total. The van der Waals surface area contributed by atoms with E-state index < -0.39 is 11.6 Å². The number of alkyl halides is 2. The lowest BCUT2D eigenvalue weighted by molar-refractivity contribution is 0.252. The molecule has 0 aliphatic carbocycles. The Hall–Kier alpha value is -2.64. The highest BCUT2D eigenvalue weighted by Gasteiger charge is 2.11. The third-order valence-corrected chi connectivity index (χ3v) is 3.23. The molecule has 0 aliphatic rings. The minimum absolute atomic E-state index is 0.0356. The molecular weight excluding hydrogens is 313 g/mol. The number of hydrogen-bond donors (Lipinski definition) is 0. The van der Waals surface area contributed by atoms with Gasteiger partial charge in [0.1, 0.15) is 23.4 Å². The number of nitrogens with zero attached hydrogens (tertiary/aromatic N) is 2. The van der Waals surface area contributed by atoms with E-state index in [1.165, 1.54) is 24.3 Å². The fraction of sp³-hybridized carbons (Fsp3) is 0.0667. The molecule has 3 nitrogen and oxygen atoms in total. The molecule has 2 aromatic rings. The maximum atomic E-state index is 13.3. The van der Waals surface area contributed by atoms with Crippen LogP contribution in [0.3, 0.4) is 0 Å². The Morgan fingerprint density at radius 3 is 2.45 bits per heavy atom. The maximum absolute atomic E-state index is 13.3. The van der Waals surface area contributed by atoms with Crippen LogP contribution in [0.4, 0.5) is 13.2 Å². The second-order valence-electron chi connectivity index (χ2n) is 4.04. The minimum atomic E-state index is -2.60. The minimum Gasteiger partial charge on any atom is -0.456 e. The molecule has 0 atom stereocenters. The van der Waals surface area contributed by atoms with Crippen LogP contribution in [0.2, 0.25) is 0 Å². The Balaban J connectivity index is 2.32. The summed E-state index contributed by atoms with van der Waals surface area (Å²) >= 11 is 0.308. The van der Waals surface area contributed by atoms with E-state index in [0.29, 0.717) is 11.8 Å². The molecule has 7 heteroatoms. The van der Waals surface area contributed by atoms with Crippen molar-refractivity contribution in [1.29, 1.82) is 10.5 Å². The van der Waals surface area contributed by atoms with Crippen LogP contribution >= 0.6 is 11.8 Å². The van der Waals surface area contributed by atoms with Crippen molar-refractivity contribution < 1.29 is 17.9 Å². The first-order valence-corrected chi connectivity index (χ1v) is 6.77. The molecule has 0 radical (unpaired) electrons. The van der Waals surface area contributed by atoms with Gasteiger partial charge in [-0.15, -0.1) is 0 Å². The van der Waals surface area contributed by atoms with E-state index in [0.717, 1.165) is 12.1 Å². The van der Waals surface area contributed by atoms with E-state index in [1.807, 2.05) is 6.07 Å². The predicted molar refractivity (Wildman–Crippen MR) is 74.2 cm³/mol. The van der Waals surface area contributed by atoms with Gasteiger partial charge in [0, 0.05) is 11.0 Å². The standard InChI is InChI=1S/C15H7F3N2OS/c16-11-3-9(7-19)4-12(6-11)21-14-2-1-13(22-15(17)18)5-10(14)8-20/h1-6,15H. The Bertz CT molecular complexity index is 781. The van der Waals surface area contributed by atoms with Gasteiger partial charge >= 0.3 is 0 Å². The van der Waals surface area contributed by atoms with Crippen molar-refractivity contribution in [3.63, 3.8) is 0 Å². The molecule has 0 amide bonds. The molecule has 0 heterocycles. The van der Waals surface area contributed by atoms with Crippen molar-refractivity contribution in [3.05, 3.63) is 53.3 Å². The number of hydrogen-bond acceptors (Lipinski definition) is 4. The van der Waals surface area contributed by atoms with Gasteiger partial charge in [0.25, 0.3) is 5.76 Å². The van der Waals surface area contributed by atoms with Crippen molar-refractivity contribution in [2.24, 2.45) is 0 Å². The van der Waals surface area contributed by atoms with Gasteiger partial charge in [-0.25, -0.2) is 4.39 Å². The zero-order chi connectivity index (χ0) is 16.1. The van der Waals surface area contributed by atoms with Crippen LogP contribution in [0, 0.1) is 28.5 Å². The van der Waals surface area contributed by atoms with Gasteiger partial charge in [-0.3, -0.25) is 0 Å². The predicted octanol–water partition coefficient (Wildman–Crippen LogP) is 4.68. The fourth-order valence-corrected chi connectivity index (χ4v) is 2.21. The summed E-state index contributed by atoms with van der Waals surface area (Å²) in [5.41, 5.74) is 0.104. The van der Waals surface area contributed by atoms with E-state index in [1.54, 1.807) is 6.07 Å². The maximum Gasteiger partial charge on any atom is 0.288 e. The number of thioether (sulfide) groups is 1. The Labute approximate surface area is 128 Å². The van der Waals surface area contributed by atoms with Crippen molar-refractivity contribution in [3.8, 4) is 23.6 Å². The van der Waals surface area contributed by atoms with Crippen molar-refractivity contribution in [2.45, 2.75) is 10.7 Å². The number of rotatable bonds is 4. The van der Waals surface area contributed by atoms with Crippen LogP contribution in [-0.4, -0.2) is 5.76 Å². The zero-order valence-electron chi connectivity index (χ0n) is 10.9. The molecule has 0 fully saturated rings. The van der Waals surface area contributed by atoms with Gasteiger partial charge in [0.2, 0.25) is 0 Å². The van der Waals surface area contributed by atoms with Gasteiger partial charge in [-0.2, -0.15) is 19.3 Å². The van der Waals surface area contributed by atoms with Crippen LogP contribution in [0.15, 0.2) is 41.3 Å². The van der Waals surface area contributed by atoms with Crippen molar-refractivity contribution in [2.75, 3.05) is 0 Å². The smallest absolute Gasteiger partial charge is 0.288 e. The first kappa shape index (κ1) is 15.7. The number of nitriles is 2. The second-order valence-corrected chi connectivity index (χ2v) is 5.10. The van der Waals surface area contributed by atoms with Crippen LogP contribution in [0.5, 0.6) is 11.5 Å². The summed E-state index contributed by atoms with van der Waals surface area (Å²) in [4.78, 5) is 0.218. The number of halogens is 3.